The van der Waals surface area contributed by atoms with E-state index in [1.807, 2.05) is 0 Å². The van der Waals surface area contributed by atoms with Gasteiger partial charge >= 0.3 is 0 Å². The van der Waals surface area contributed by atoms with Gasteiger partial charge in [0.2, 0.25) is 0 Å². The molecule has 1 saturated carbocycles. The van der Waals surface area contributed by atoms with Crippen LogP contribution in [0.5, 0.6) is 0 Å². The summed E-state index contributed by atoms with van der Waals surface area (Å²) in [7, 11) is 2.25. The molecule has 2 fully saturated rings. The zero-order chi connectivity index (χ0) is 13.5. The average molecular weight is 253 g/mol. The largest absolute Gasteiger partial charge is 0.329 e. The number of rotatable bonds is 3. The smallest absolute Gasteiger partial charge is 0.0338 e. The highest BCUT2D eigenvalue weighted by molar-refractivity contribution is 5.06. The van der Waals surface area contributed by atoms with Gasteiger partial charge in [-0.2, -0.15) is 0 Å². The topological polar surface area (TPSA) is 32.5 Å². The summed E-state index contributed by atoms with van der Waals surface area (Å²) in [6.45, 7) is 12.6. The van der Waals surface area contributed by atoms with Crippen molar-refractivity contribution in [3.8, 4) is 0 Å². The van der Waals surface area contributed by atoms with E-state index >= 15 is 0 Å². The van der Waals surface area contributed by atoms with Crippen molar-refractivity contribution in [1.82, 2.24) is 9.80 Å². The molecule has 1 saturated heterocycles. The number of nitrogens with two attached hydrogens (primary N) is 1. The Bertz CT molecular complexity index is 271. The number of hydrogen-bond donors (Lipinski definition) is 1. The Morgan fingerprint density at radius 3 is 2.06 bits per heavy atom. The second-order valence-electron chi connectivity index (χ2n) is 7.11. The molecule has 18 heavy (non-hydrogen) atoms. The summed E-state index contributed by atoms with van der Waals surface area (Å²) >= 11 is 0. The fourth-order valence-electron chi connectivity index (χ4n) is 3.73. The van der Waals surface area contributed by atoms with Crippen LogP contribution in [0.15, 0.2) is 0 Å². The first-order chi connectivity index (χ1) is 8.39. The summed E-state index contributed by atoms with van der Waals surface area (Å²) in [4.78, 5) is 5.19. The van der Waals surface area contributed by atoms with Gasteiger partial charge in [0.25, 0.3) is 0 Å². The van der Waals surface area contributed by atoms with Crippen LogP contribution in [-0.2, 0) is 0 Å². The predicted molar refractivity (Wildman–Crippen MR) is 77.6 cm³/mol. The standard InChI is InChI=1S/C15H31N3/c1-11(2)14-6-15(7-14,10-16)18-8-12(3)17(5)13(4)9-18/h11-14H,6-10,16H2,1-5H3. The molecule has 0 bridgehead atoms. The van der Waals surface area contributed by atoms with Crippen LogP contribution in [-0.4, -0.2) is 54.1 Å². The van der Waals surface area contributed by atoms with E-state index in [4.69, 9.17) is 5.73 Å². The summed E-state index contributed by atoms with van der Waals surface area (Å²) in [5.74, 6) is 1.70. The second kappa shape index (κ2) is 5.10. The molecule has 1 aliphatic carbocycles. The van der Waals surface area contributed by atoms with Gasteiger partial charge in [-0.1, -0.05) is 13.8 Å². The molecular formula is C15H31N3. The highest BCUT2D eigenvalue weighted by Crippen LogP contribution is 2.46. The molecular weight excluding hydrogens is 222 g/mol. The average Bonchev–Trinajstić information content (AvgIpc) is 2.24. The Morgan fingerprint density at radius 2 is 1.67 bits per heavy atom. The number of hydrogen-bond acceptors (Lipinski definition) is 3. The van der Waals surface area contributed by atoms with Crippen molar-refractivity contribution in [2.45, 2.75) is 58.2 Å². The predicted octanol–water partition coefficient (Wildman–Crippen LogP) is 1.77. The van der Waals surface area contributed by atoms with Gasteiger partial charge in [-0.15, -0.1) is 0 Å². The molecule has 2 atom stereocenters. The summed E-state index contributed by atoms with van der Waals surface area (Å²) < 4.78 is 0. The second-order valence-corrected chi connectivity index (χ2v) is 7.11. The van der Waals surface area contributed by atoms with Gasteiger partial charge in [0.15, 0.2) is 0 Å². The molecule has 3 heteroatoms. The lowest BCUT2D eigenvalue weighted by atomic mass is 9.62. The Kier molecular flexibility index (Phi) is 4.05. The number of likely N-dealkylation sites (N-methyl/N-ethyl adjacent to an activating group) is 1. The van der Waals surface area contributed by atoms with Gasteiger partial charge < -0.3 is 5.73 Å². The summed E-state index contributed by atoms with van der Waals surface area (Å²) in [5, 5.41) is 0. The van der Waals surface area contributed by atoms with Crippen molar-refractivity contribution < 1.29 is 0 Å². The SMILES string of the molecule is CC(C)C1CC(CN)(N2CC(C)N(C)C(C)C2)C1. The van der Waals surface area contributed by atoms with Crippen molar-refractivity contribution in [3.05, 3.63) is 0 Å². The highest BCUT2D eigenvalue weighted by atomic mass is 15.3. The lowest BCUT2D eigenvalue weighted by molar-refractivity contribution is -0.0797. The first-order valence-electron chi connectivity index (χ1n) is 7.56. The lowest BCUT2D eigenvalue weighted by Gasteiger charge is -2.59. The van der Waals surface area contributed by atoms with E-state index in [1.54, 1.807) is 0 Å². The molecule has 0 aromatic carbocycles. The van der Waals surface area contributed by atoms with Gasteiger partial charge in [0.1, 0.15) is 0 Å². The molecule has 1 aliphatic heterocycles. The van der Waals surface area contributed by atoms with Gasteiger partial charge in [0, 0.05) is 37.3 Å². The Labute approximate surface area is 113 Å². The molecule has 0 amide bonds. The van der Waals surface area contributed by atoms with Crippen LogP contribution in [0.1, 0.15) is 40.5 Å². The van der Waals surface area contributed by atoms with E-state index in [2.05, 4.69) is 44.5 Å². The Morgan fingerprint density at radius 1 is 1.17 bits per heavy atom. The molecule has 1 heterocycles. The maximum atomic E-state index is 6.13. The molecule has 0 aromatic heterocycles. The number of nitrogens with zero attached hydrogens (tertiary/aromatic N) is 2. The van der Waals surface area contributed by atoms with Crippen LogP contribution in [0.25, 0.3) is 0 Å². The van der Waals surface area contributed by atoms with Crippen molar-refractivity contribution in [1.29, 1.82) is 0 Å². The first kappa shape index (κ1) is 14.3. The summed E-state index contributed by atoms with van der Waals surface area (Å²) in [6, 6.07) is 1.30. The molecule has 2 rings (SSSR count). The molecule has 0 radical (unpaired) electrons. The zero-order valence-electron chi connectivity index (χ0n) is 12.8. The van der Waals surface area contributed by atoms with E-state index in [1.165, 1.54) is 25.9 Å². The molecule has 2 N–H and O–H groups in total. The van der Waals surface area contributed by atoms with Gasteiger partial charge in [-0.05, 0) is 45.6 Å². The maximum Gasteiger partial charge on any atom is 0.0338 e. The lowest BCUT2D eigenvalue weighted by Crippen LogP contribution is -2.69. The van der Waals surface area contributed by atoms with Crippen LogP contribution in [0.4, 0.5) is 0 Å². The Hall–Kier alpha value is -0.120. The van der Waals surface area contributed by atoms with Crippen molar-refractivity contribution in [2.75, 3.05) is 26.7 Å². The third-order valence-corrected chi connectivity index (χ3v) is 5.64. The van der Waals surface area contributed by atoms with Crippen LogP contribution in [0.3, 0.4) is 0 Å². The van der Waals surface area contributed by atoms with Crippen molar-refractivity contribution in [3.63, 3.8) is 0 Å². The fourth-order valence-corrected chi connectivity index (χ4v) is 3.73. The zero-order valence-corrected chi connectivity index (χ0v) is 12.8. The van der Waals surface area contributed by atoms with Crippen molar-refractivity contribution in [2.24, 2.45) is 17.6 Å². The Balaban J connectivity index is 2.02. The van der Waals surface area contributed by atoms with E-state index in [-0.39, 0.29) is 0 Å². The molecule has 3 nitrogen and oxygen atoms in total. The van der Waals surface area contributed by atoms with Gasteiger partial charge in [0.05, 0.1) is 0 Å². The van der Waals surface area contributed by atoms with Crippen molar-refractivity contribution >= 4 is 0 Å². The molecule has 106 valence electrons. The normalized spacial score (nSPS) is 43.2. The van der Waals surface area contributed by atoms with E-state index in [9.17, 15) is 0 Å². The quantitative estimate of drug-likeness (QED) is 0.832. The van der Waals surface area contributed by atoms with E-state index in [0.29, 0.717) is 17.6 Å². The molecule has 0 spiro atoms. The minimum absolute atomic E-state index is 0.318. The minimum atomic E-state index is 0.318. The first-order valence-corrected chi connectivity index (χ1v) is 7.56. The maximum absolute atomic E-state index is 6.13. The monoisotopic (exact) mass is 253 g/mol. The van der Waals surface area contributed by atoms with Crippen LogP contribution in [0, 0.1) is 11.8 Å². The van der Waals surface area contributed by atoms with Crippen LogP contribution >= 0.6 is 0 Å². The van der Waals surface area contributed by atoms with Crippen LogP contribution < -0.4 is 5.73 Å². The van der Waals surface area contributed by atoms with Gasteiger partial charge in [-0.25, -0.2) is 0 Å². The molecule has 2 unspecified atom stereocenters. The summed E-state index contributed by atoms with van der Waals surface area (Å²) in [5.41, 5.74) is 6.45. The van der Waals surface area contributed by atoms with Crippen LogP contribution in [0.2, 0.25) is 0 Å². The van der Waals surface area contributed by atoms with E-state index < -0.39 is 0 Å². The fraction of sp³-hybridized carbons (Fsp3) is 1.00. The third kappa shape index (κ3) is 2.33. The number of piperazine rings is 1. The third-order valence-electron chi connectivity index (χ3n) is 5.64. The summed E-state index contributed by atoms with van der Waals surface area (Å²) in [6.07, 6.45) is 2.62. The highest BCUT2D eigenvalue weighted by Gasteiger charge is 2.49. The minimum Gasteiger partial charge on any atom is -0.329 e. The molecule has 2 aliphatic rings. The van der Waals surface area contributed by atoms with E-state index in [0.717, 1.165) is 18.4 Å². The van der Waals surface area contributed by atoms with Gasteiger partial charge in [-0.3, -0.25) is 9.80 Å². The molecule has 0 aromatic rings.